The van der Waals surface area contributed by atoms with Gasteiger partial charge in [-0.25, -0.2) is 13.2 Å². The van der Waals surface area contributed by atoms with E-state index in [4.69, 9.17) is 5.11 Å². The molecule has 0 spiro atoms. The van der Waals surface area contributed by atoms with E-state index in [2.05, 4.69) is 0 Å². The number of carboxylic acids is 1. The van der Waals surface area contributed by atoms with E-state index < -0.39 is 27.8 Å². The number of amides is 1. The molecule has 0 radical (unpaired) electrons. The molecule has 2 rings (SSSR count). The summed E-state index contributed by atoms with van der Waals surface area (Å²) in [7, 11) is -3.12. The Morgan fingerprint density at radius 1 is 1.28 bits per heavy atom. The van der Waals surface area contributed by atoms with E-state index in [0.29, 0.717) is 6.42 Å². The summed E-state index contributed by atoms with van der Waals surface area (Å²) in [5.41, 5.74) is 0. The molecule has 0 aromatic heterocycles. The first-order chi connectivity index (χ1) is 8.32. The van der Waals surface area contributed by atoms with Crippen LogP contribution in [0, 0.1) is 5.92 Å². The van der Waals surface area contributed by atoms with Crippen LogP contribution in [-0.2, 0) is 19.4 Å². The molecule has 7 heteroatoms. The van der Waals surface area contributed by atoms with Crippen LogP contribution in [0.1, 0.15) is 26.2 Å². The van der Waals surface area contributed by atoms with E-state index in [1.165, 1.54) is 11.8 Å². The summed E-state index contributed by atoms with van der Waals surface area (Å²) < 4.78 is 22.7. The number of hydrogen-bond donors (Lipinski definition) is 1. The molecule has 0 aromatic carbocycles. The van der Waals surface area contributed by atoms with Gasteiger partial charge in [0.25, 0.3) is 0 Å². The maximum Gasteiger partial charge on any atom is 0.326 e. The van der Waals surface area contributed by atoms with Gasteiger partial charge in [0.15, 0.2) is 9.84 Å². The molecule has 2 aliphatic rings. The van der Waals surface area contributed by atoms with Crippen LogP contribution in [0.15, 0.2) is 0 Å². The van der Waals surface area contributed by atoms with Crippen LogP contribution in [0.2, 0.25) is 0 Å². The number of hydrogen-bond acceptors (Lipinski definition) is 4. The fraction of sp³-hybridized carbons (Fsp3) is 0.818. The molecule has 1 heterocycles. The van der Waals surface area contributed by atoms with Crippen LogP contribution in [0.25, 0.3) is 0 Å². The minimum Gasteiger partial charge on any atom is -0.480 e. The van der Waals surface area contributed by atoms with Crippen molar-refractivity contribution in [2.24, 2.45) is 5.92 Å². The SMILES string of the molecule is CC(C(=O)O)N(C(=O)C1CCS(=O)(=O)C1)C1CC1. The first-order valence-corrected chi connectivity index (χ1v) is 7.89. The number of sulfone groups is 1. The van der Waals surface area contributed by atoms with Crippen molar-refractivity contribution < 1.29 is 23.1 Å². The van der Waals surface area contributed by atoms with Gasteiger partial charge in [0.05, 0.1) is 17.4 Å². The number of nitrogens with zero attached hydrogens (tertiary/aromatic N) is 1. The van der Waals surface area contributed by atoms with Crippen molar-refractivity contribution in [3.8, 4) is 0 Å². The van der Waals surface area contributed by atoms with Gasteiger partial charge in [-0.3, -0.25) is 4.79 Å². The van der Waals surface area contributed by atoms with Crippen LogP contribution in [0.3, 0.4) is 0 Å². The Kier molecular flexibility index (Phi) is 3.35. The second kappa shape index (κ2) is 4.53. The molecule has 1 N–H and O–H groups in total. The third kappa shape index (κ3) is 2.66. The summed E-state index contributed by atoms with van der Waals surface area (Å²) in [4.78, 5) is 24.6. The maximum absolute atomic E-state index is 12.3. The Bertz CT molecular complexity index is 468. The Morgan fingerprint density at radius 2 is 1.89 bits per heavy atom. The van der Waals surface area contributed by atoms with Gasteiger partial charge in [-0.15, -0.1) is 0 Å². The lowest BCUT2D eigenvalue weighted by atomic mass is 10.1. The Hall–Kier alpha value is -1.11. The molecule has 2 fully saturated rings. The van der Waals surface area contributed by atoms with Crippen molar-refractivity contribution >= 4 is 21.7 Å². The predicted molar refractivity (Wildman–Crippen MR) is 63.7 cm³/mol. The average molecular weight is 275 g/mol. The van der Waals surface area contributed by atoms with E-state index >= 15 is 0 Å². The standard InChI is InChI=1S/C11H17NO5S/c1-7(11(14)15)12(9-2-3-9)10(13)8-4-5-18(16,17)6-8/h7-9H,2-6H2,1H3,(H,14,15). The molecule has 2 atom stereocenters. The second-order valence-corrected chi connectivity index (χ2v) is 7.32. The summed E-state index contributed by atoms with van der Waals surface area (Å²) in [5.74, 6) is -2.02. The van der Waals surface area contributed by atoms with Crippen LogP contribution < -0.4 is 0 Å². The van der Waals surface area contributed by atoms with Crippen LogP contribution in [0.5, 0.6) is 0 Å². The highest BCUT2D eigenvalue weighted by molar-refractivity contribution is 7.91. The third-order valence-corrected chi connectivity index (χ3v) is 5.32. The van der Waals surface area contributed by atoms with Crippen molar-refractivity contribution in [1.29, 1.82) is 0 Å². The molecule has 1 amide bonds. The molecular formula is C11H17NO5S. The predicted octanol–water partition coefficient (Wildman–Crippen LogP) is -0.115. The third-order valence-electron chi connectivity index (χ3n) is 3.55. The van der Waals surface area contributed by atoms with Crippen molar-refractivity contribution in [3.63, 3.8) is 0 Å². The highest BCUT2D eigenvalue weighted by atomic mass is 32.2. The zero-order chi connectivity index (χ0) is 13.5. The molecule has 2 unspecified atom stereocenters. The van der Waals surface area contributed by atoms with E-state index in [1.807, 2.05) is 0 Å². The minimum absolute atomic E-state index is 0.0214. The zero-order valence-electron chi connectivity index (χ0n) is 10.2. The lowest BCUT2D eigenvalue weighted by Crippen LogP contribution is -2.47. The highest BCUT2D eigenvalue weighted by Crippen LogP contribution is 2.32. The van der Waals surface area contributed by atoms with E-state index in [1.54, 1.807) is 0 Å². The highest BCUT2D eigenvalue weighted by Gasteiger charge is 2.43. The molecule has 18 heavy (non-hydrogen) atoms. The lowest BCUT2D eigenvalue weighted by Gasteiger charge is -2.28. The van der Waals surface area contributed by atoms with Gasteiger partial charge in [0.2, 0.25) is 5.91 Å². The number of carbonyl (C=O) groups excluding carboxylic acids is 1. The van der Waals surface area contributed by atoms with Crippen molar-refractivity contribution in [1.82, 2.24) is 4.90 Å². The van der Waals surface area contributed by atoms with E-state index in [0.717, 1.165) is 12.8 Å². The summed E-state index contributed by atoms with van der Waals surface area (Å²) in [6.45, 7) is 1.47. The normalized spacial score (nSPS) is 27.7. The quantitative estimate of drug-likeness (QED) is 0.772. The summed E-state index contributed by atoms with van der Waals surface area (Å²) in [6, 6.07) is -0.903. The van der Waals surface area contributed by atoms with Crippen LogP contribution >= 0.6 is 0 Å². The van der Waals surface area contributed by atoms with Crippen molar-refractivity contribution in [2.75, 3.05) is 11.5 Å². The molecule has 6 nitrogen and oxygen atoms in total. The first kappa shape index (κ1) is 13.3. The van der Waals surface area contributed by atoms with Crippen LogP contribution in [0.4, 0.5) is 0 Å². The van der Waals surface area contributed by atoms with Gasteiger partial charge in [-0.05, 0) is 26.2 Å². The maximum atomic E-state index is 12.3. The fourth-order valence-electron chi connectivity index (χ4n) is 2.36. The summed E-state index contributed by atoms with van der Waals surface area (Å²) in [6.07, 6.45) is 1.93. The van der Waals surface area contributed by atoms with Gasteiger partial charge in [0.1, 0.15) is 6.04 Å². The Balaban J connectivity index is 2.12. The van der Waals surface area contributed by atoms with Gasteiger partial charge in [-0.1, -0.05) is 0 Å². The molecule has 102 valence electrons. The monoisotopic (exact) mass is 275 g/mol. The van der Waals surface area contributed by atoms with Crippen LogP contribution in [-0.4, -0.2) is 53.9 Å². The number of rotatable bonds is 4. The largest absolute Gasteiger partial charge is 0.480 e. The van der Waals surface area contributed by atoms with Gasteiger partial charge >= 0.3 is 5.97 Å². The molecule has 1 aliphatic carbocycles. The van der Waals surface area contributed by atoms with E-state index in [9.17, 15) is 18.0 Å². The smallest absolute Gasteiger partial charge is 0.326 e. The molecule has 1 aliphatic heterocycles. The molecule has 0 bridgehead atoms. The zero-order valence-corrected chi connectivity index (χ0v) is 11.0. The van der Waals surface area contributed by atoms with Crippen molar-refractivity contribution in [2.45, 2.75) is 38.3 Å². The van der Waals surface area contributed by atoms with Crippen molar-refractivity contribution in [3.05, 3.63) is 0 Å². The Morgan fingerprint density at radius 3 is 2.28 bits per heavy atom. The number of carboxylic acid groups (broad SMARTS) is 1. The minimum atomic E-state index is -3.12. The molecule has 0 aromatic rings. The lowest BCUT2D eigenvalue weighted by molar-refractivity contribution is -0.151. The average Bonchev–Trinajstić information content (AvgIpc) is 3.02. The number of aliphatic carboxylic acids is 1. The second-order valence-electron chi connectivity index (χ2n) is 5.09. The van der Waals surface area contributed by atoms with Gasteiger partial charge in [0, 0.05) is 6.04 Å². The molecule has 1 saturated heterocycles. The van der Waals surface area contributed by atoms with E-state index in [-0.39, 0.29) is 23.5 Å². The topological polar surface area (TPSA) is 91.8 Å². The first-order valence-electron chi connectivity index (χ1n) is 6.07. The Labute approximate surface area is 106 Å². The molecule has 1 saturated carbocycles. The van der Waals surface area contributed by atoms with Gasteiger partial charge in [-0.2, -0.15) is 0 Å². The fourth-order valence-corrected chi connectivity index (χ4v) is 4.09. The van der Waals surface area contributed by atoms with Gasteiger partial charge < -0.3 is 10.0 Å². The number of carbonyl (C=O) groups is 2. The summed E-state index contributed by atoms with van der Waals surface area (Å²) >= 11 is 0. The summed E-state index contributed by atoms with van der Waals surface area (Å²) in [5, 5.41) is 9.01. The molecular weight excluding hydrogens is 258 g/mol.